The highest BCUT2D eigenvalue weighted by atomic mass is 31.1. The van der Waals surface area contributed by atoms with Gasteiger partial charge in [0.05, 0.1) is 6.42 Å². The molecule has 1 N–H and O–H groups in total. The molecule has 1 saturated carbocycles. The standard InChI is InChI=1S/C10H16F3O2P/c11-10(12,13)7-9(16(14)15)6-8-4-2-1-3-5-8/h6,8,16H,1-5,7H2,(H,14,15)/b9-6-. The van der Waals surface area contributed by atoms with Gasteiger partial charge in [-0.05, 0) is 18.8 Å². The maximum absolute atomic E-state index is 12.1. The average Bonchev–Trinajstić information content (AvgIpc) is 2.16. The van der Waals surface area contributed by atoms with Gasteiger partial charge in [0, 0.05) is 5.31 Å². The normalized spacial score (nSPS) is 22.1. The van der Waals surface area contributed by atoms with Crippen molar-refractivity contribution in [1.29, 1.82) is 0 Å². The fourth-order valence-corrected chi connectivity index (χ4v) is 2.74. The van der Waals surface area contributed by atoms with Gasteiger partial charge in [-0.1, -0.05) is 25.3 Å². The summed E-state index contributed by atoms with van der Waals surface area (Å²) in [6.45, 7) is 0. The monoisotopic (exact) mass is 256 g/mol. The van der Waals surface area contributed by atoms with Crippen molar-refractivity contribution in [3.8, 4) is 0 Å². The van der Waals surface area contributed by atoms with Crippen LogP contribution in [-0.4, -0.2) is 11.1 Å². The summed E-state index contributed by atoms with van der Waals surface area (Å²) in [6.07, 6.45) is 0.481. The van der Waals surface area contributed by atoms with Crippen LogP contribution in [0.1, 0.15) is 38.5 Å². The lowest BCUT2D eigenvalue weighted by atomic mass is 9.89. The van der Waals surface area contributed by atoms with E-state index in [1.54, 1.807) is 0 Å². The first-order chi connectivity index (χ1) is 7.38. The predicted molar refractivity (Wildman–Crippen MR) is 56.6 cm³/mol. The van der Waals surface area contributed by atoms with Gasteiger partial charge in [-0.2, -0.15) is 13.2 Å². The van der Waals surface area contributed by atoms with E-state index in [9.17, 15) is 17.7 Å². The van der Waals surface area contributed by atoms with Crippen LogP contribution < -0.4 is 0 Å². The second kappa shape index (κ2) is 5.87. The Morgan fingerprint density at radius 1 is 1.31 bits per heavy atom. The molecule has 1 atom stereocenters. The maximum Gasteiger partial charge on any atom is 0.393 e. The minimum atomic E-state index is -4.40. The van der Waals surface area contributed by atoms with Gasteiger partial charge in [0.1, 0.15) is 0 Å². The molecule has 0 aliphatic heterocycles. The van der Waals surface area contributed by atoms with Gasteiger partial charge >= 0.3 is 6.18 Å². The zero-order valence-electron chi connectivity index (χ0n) is 8.89. The molecule has 1 fully saturated rings. The molecule has 94 valence electrons. The van der Waals surface area contributed by atoms with E-state index in [4.69, 9.17) is 4.89 Å². The Morgan fingerprint density at radius 3 is 2.31 bits per heavy atom. The quantitative estimate of drug-likeness (QED) is 0.778. The summed E-state index contributed by atoms with van der Waals surface area (Å²) in [5.41, 5.74) is 0. The van der Waals surface area contributed by atoms with Crippen molar-refractivity contribution in [2.75, 3.05) is 0 Å². The molecule has 0 amide bonds. The Bertz CT molecular complexity index is 280. The second-order valence-electron chi connectivity index (χ2n) is 4.19. The second-order valence-corrected chi connectivity index (χ2v) is 5.44. The fraction of sp³-hybridized carbons (Fsp3) is 0.800. The van der Waals surface area contributed by atoms with Gasteiger partial charge in [-0.25, -0.2) is 0 Å². The fourth-order valence-electron chi connectivity index (χ4n) is 2.01. The molecule has 0 saturated heterocycles. The van der Waals surface area contributed by atoms with E-state index in [2.05, 4.69) is 0 Å². The molecule has 0 spiro atoms. The smallest absolute Gasteiger partial charge is 0.343 e. The van der Waals surface area contributed by atoms with Crippen LogP contribution >= 0.6 is 8.03 Å². The van der Waals surface area contributed by atoms with Crippen LogP contribution in [0, 0.1) is 5.92 Å². The minimum absolute atomic E-state index is 0.0483. The van der Waals surface area contributed by atoms with Crippen LogP contribution in [0.15, 0.2) is 11.4 Å². The molecular formula is C10H16F3O2P. The first-order valence-corrected chi connectivity index (χ1v) is 6.75. The molecule has 1 aliphatic carbocycles. The minimum Gasteiger partial charge on any atom is -0.343 e. The van der Waals surface area contributed by atoms with E-state index < -0.39 is 20.6 Å². The van der Waals surface area contributed by atoms with Crippen molar-refractivity contribution in [2.24, 2.45) is 5.92 Å². The molecule has 0 bridgehead atoms. The molecule has 16 heavy (non-hydrogen) atoms. The number of rotatable bonds is 3. The van der Waals surface area contributed by atoms with Crippen LogP contribution in [0.5, 0.6) is 0 Å². The molecule has 0 aromatic rings. The highest BCUT2D eigenvalue weighted by molar-refractivity contribution is 7.43. The summed E-state index contributed by atoms with van der Waals surface area (Å²) in [7, 11) is -3.21. The molecular weight excluding hydrogens is 240 g/mol. The lowest BCUT2D eigenvalue weighted by Crippen LogP contribution is -2.09. The third-order valence-corrected chi connectivity index (χ3v) is 3.65. The van der Waals surface area contributed by atoms with Crippen LogP contribution in [-0.2, 0) is 4.57 Å². The number of allylic oxidation sites excluding steroid dienone is 2. The van der Waals surface area contributed by atoms with Crippen LogP contribution in [0.25, 0.3) is 0 Å². The lowest BCUT2D eigenvalue weighted by Gasteiger charge is -2.19. The number of halogens is 3. The molecule has 0 aromatic carbocycles. The summed E-state index contributed by atoms with van der Waals surface area (Å²) in [5, 5.41) is -0.329. The van der Waals surface area contributed by atoms with Crippen molar-refractivity contribution in [3.05, 3.63) is 11.4 Å². The maximum atomic E-state index is 12.1. The van der Waals surface area contributed by atoms with Crippen molar-refractivity contribution < 1.29 is 22.6 Å². The van der Waals surface area contributed by atoms with E-state index in [1.807, 2.05) is 0 Å². The number of hydrogen-bond acceptors (Lipinski definition) is 1. The van der Waals surface area contributed by atoms with Crippen molar-refractivity contribution in [1.82, 2.24) is 0 Å². The van der Waals surface area contributed by atoms with E-state index in [0.29, 0.717) is 0 Å². The van der Waals surface area contributed by atoms with E-state index in [0.717, 1.165) is 32.1 Å². The molecule has 0 heterocycles. The third kappa shape index (κ3) is 5.17. The van der Waals surface area contributed by atoms with Gasteiger partial charge in [-0.3, -0.25) is 4.57 Å². The highest BCUT2D eigenvalue weighted by Gasteiger charge is 2.31. The zero-order chi connectivity index (χ0) is 12.2. The summed E-state index contributed by atoms with van der Waals surface area (Å²) in [6, 6.07) is 0. The summed E-state index contributed by atoms with van der Waals surface area (Å²) in [5.74, 6) is 0.0483. The van der Waals surface area contributed by atoms with Crippen LogP contribution in [0.4, 0.5) is 13.2 Å². The predicted octanol–water partition coefficient (Wildman–Crippen LogP) is 3.87. The summed E-state index contributed by atoms with van der Waals surface area (Å²) >= 11 is 0. The van der Waals surface area contributed by atoms with Crippen molar-refractivity contribution in [3.63, 3.8) is 0 Å². The van der Waals surface area contributed by atoms with Crippen molar-refractivity contribution in [2.45, 2.75) is 44.7 Å². The van der Waals surface area contributed by atoms with E-state index >= 15 is 0 Å². The summed E-state index contributed by atoms with van der Waals surface area (Å²) in [4.78, 5) is 8.88. The molecule has 0 aromatic heterocycles. The average molecular weight is 256 g/mol. The van der Waals surface area contributed by atoms with E-state index in [-0.39, 0.29) is 11.2 Å². The molecule has 6 heteroatoms. The van der Waals surface area contributed by atoms with E-state index in [1.165, 1.54) is 6.08 Å². The third-order valence-electron chi connectivity index (χ3n) is 2.75. The van der Waals surface area contributed by atoms with Gasteiger partial charge < -0.3 is 4.89 Å². The molecule has 1 aliphatic rings. The molecule has 1 rings (SSSR count). The Balaban J connectivity index is 2.68. The van der Waals surface area contributed by atoms with Crippen molar-refractivity contribution >= 4 is 8.03 Å². The summed E-state index contributed by atoms with van der Waals surface area (Å²) < 4.78 is 47.3. The topological polar surface area (TPSA) is 37.3 Å². The lowest BCUT2D eigenvalue weighted by molar-refractivity contribution is -0.126. The van der Waals surface area contributed by atoms with Gasteiger partial charge in [0.2, 0.25) is 8.03 Å². The molecule has 2 nitrogen and oxygen atoms in total. The Labute approximate surface area is 93.4 Å². The molecule has 1 unspecified atom stereocenters. The van der Waals surface area contributed by atoms with Gasteiger partial charge in [-0.15, -0.1) is 0 Å². The molecule has 0 radical (unpaired) electrons. The SMILES string of the molecule is O=[PH](O)/C(=C\C1CCCCC1)CC(F)(F)F. The van der Waals surface area contributed by atoms with Crippen LogP contribution in [0.3, 0.4) is 0 Å². The zero-order valence-corrected chi connectivity index (χ0v) is 9.89. The first kappa shape index (κ1) is 13.8. The Kier molecular flexibility index (Phi) is 5.06. The van der Waals surface area contributed by atoms with Gasteiger partial charge in [0.15, 0.2) is 0 Å². The number of alkyl halides is 3. The largest absolute Gasteiger partial charge is 0.393 e. The Hall–Kier alpha value is -0.280. The van der Waals surface area contributed by atoms with Gasteiger partial charge in [0.25, 0.3) is 0 Å². The Morgan fingerprint density at radius 2 is 1.88 bits per heavy atom. The number of hydrogen-bond donors (Lipinski definition) is 1. The highest BCUT2D eigenvalue weighted by Crippen LogP contribution is 2.39. The van der Waals surface area contributed by atoms with Crippen LogP contribution in [0.2, 0.25) is 0 Å². The first-order valence-electron chi connectivity index (χ1n) is 5.39.